The molecule has 196 valence electrons. The lowest BCUT2D eigenvalue weighted by molar-refractivity contribution is -0.126. The molecule has 0 bridgehead atoms. The van der Waals surface area contributed by atoms with Crippen LogP contribution in [0.2, 0.25) is 0 Å². The van der Waals surface area contributed by atoms with E-state index in [0.29, 0.717) is 30.2 Å². The van der Waals surface area contributed by atoms with Crippen molar-refractivity contribution in [2.75, 3.05) is 19.8 Å². The standard InChI is InChI=1S/C28H28FN5O4/c29-24-10-6-20(7-11-24)17-31-27(36)28(16-22-4-1-2-5-23(22)18-32-34-30)19-38-26(33-28)21-8-12-25(13-9-21)37-15-3-14-35/h1-2,4-13,35H,3,14-19H2,(H,31,36)/t28-/m1/s1. The van der Waals surface area contributed by atoms with Crippen LogP contribution >= 0.6 is 0 Å². The summed E-state index contributed by atoms with van der Waals surface area (Å²) in [5.41, 5.74) is 10.6. The van der Waals surface area contributed by atoms with Crippen molar-refractivity contribution in [1.29, 1.82) is 0 Å². The van der Waals surface area contributed by atoms with Gasteiger partial charge in [0, 0.05) is 36.5 Å². The summed E-state index contributed by atoms with van der Waals surface area (Å²) in [6.45, 7) is 0.823. The Balaban J connectivity index is 1.60. The molecule has 1 atom stereocenters. The number of carbonyl (C=O) groups excluding carboxylic acids is 1. The fourth-order valence-corrected chi connectivity index (χ4v) is 4.09. The molecule has 0 aliphatic carbocycles. The molecule has 0 saturated carbocycles. The van der Waals surface area contributed by atoms with Crippen LogP contribution in [0.3, 0.4) is 0 Å². The molecule has 3 aromatic rings. The van der Waals surface area contributed by atoms with E-state index in [0.717, 1.165) is 16.7 Å². The predicted molar refractivity (Wildman–Crippen MR) is 140 cm³/mol. The summed E-state index contributed by atoms with van der Waals surface area (Å²) in [6.07, 6.45) is 0.763. The summed E-state index contributed by atoms with van der Waals surface area (Å²) in [5, 5.41) is 15.5. The van der Waals surface area contributed by atoms with E-state index in [2.05, 4.69) is 15.3 Å². The monoisotopic (exact) mass is 517 g/mol. The smallest absolute Gasteiger partial charge is 0.252 e. The number of hydrogen-bond acceptors (Lipinski definition) is 6. The topological polar surface area (TPSA) is 129 Å². The molecule has 10 heteroatoms. The summed E-state index contributed by atoms with van der Waals surface area (Å²) >= 11 is 0. The maximum Gasteiger partial charge on any atom is 0.252 e. The second-order valence-corrected chi connectivity index (χ2v) is 8.83. The van der Waals surface area contributed by atoms with E-state index >= 15 is 0 Å². The molecule has 1 aliphatic heterocycles. The van der Waals surface area contributed by atoms with Gasteiger partial charge < -0.3 is 19.9 Å². The van der Waals surface area contributed by atoms with Crippen LogP contribution in [0.1, 0.15) is 28.7 Å². The zero-order chi connectivity index (χ0) is 26.8. The highest BCUT2D eigenvalue weighted by atomic mass is 19.1. The molecule has 0 aromatic heterocycles. The van der Waals surface area contributed by atoms with E-state index in [-0.39, 0.29) is 44.4 Å². The molecule has 0 radical (unpaired) electrons. The number of aliphatic imine (C=N–C) groups is 1. The molecule has 38 heavy (non-hydrogen) atoms. The number of amides is 1. The molecular formula is C28H28FN5O4. The third-order valence-corrected chi connectivity index (χ3v) is 6.13. The van der Waals surface area contributed by atoms with Gasteiger partial charge in [0.05, 0.1) is 13.2 Å². The Labute approximate surface area is 219 Å². The number of benzene rings is 3. The number of carbonyl (C=O) groups is 1. The Hall–Kier alpha value is -4.40. The van der Waals surface area contributed by atoms with E-state index < -0.39 is 5.54 Å². The average molecular weight is 518 g/mol. The van der Waals surface area contributed by atoms with Gasteiger partial charge in [0.25, 0.3) is 5.91 Å². The second-order valence-electron chi connectivity index (χ2n) is 8.83. The lowest BCUT2D eigenvalue weighted by Gasteiger charge is -2.24. The van der Waals surface area contributed by atoms with Gasteiger partial charge in [0.2, 0.25) is 5.90 Å². The van der Waals surface area contributed by atoms with Crippen LogP contribution in [-0.4, -0.2) is 42.3 Å². The van der Waals surface area contributed by atoms with Crippen molar-refractivity contribution in [2.45, 2.75) is 31.5 Å². The third kappa shape index (κ3) is 6.67. The Kier molecular flexibility index (Phi) is 8.92. The van der Waals surface area contributed by atoms with Crippen molar-refractivity contribution in [3.63, 3.8) is 0 Å². The van der Waals surface area contributed by atoms with Crippen LogP contribution < -0.4 is 10.1 Å². The lowest BCUT2D eigenvalue weighted by Crippen LogP contribution is -2.48. The number of nitrogens with one attached hydrogen (secondary N) is 1. The first-order valence-electron chi connectivity index (χ1n) is 12.2. The van der Waals surface area contributed by atoms with Crippen LogP contribution in [0.25, 0.3) is 10.4 Å². The summed E-state index contributed by atoms with van der Waals surface area (Å²) in [7, 11) is 0. The Morgan fingerprint density at radius 1 is 1.13 bits per heavy atom. The second kappa shape index (κ2) is 12.7. The summed E-state index contributed by atoms with van der Waals surface area (Å²) in [5.74, 6) is 0.295. The largest absolute Gasteiger partial charge is 0.494 e. The molecule has 9 nitrogen and oxygen atoms in total. The molecule has 0 fully saturated rings. The van der Waals surface area contributed by atoms with E-state index in [1.807, 2.05) is 24.3 Å². The van der Waals surface area contributed by atoms with Crippen LogP contribution in [0.15, 0.2) is 82.9 Å². The van der Waals surface area contributed by atoms with Gasteiger partial charge in [-0.25, -0.2) is 9.38 Å². The maximum atomic E-state index is 13.6. The summed E-state index contributed by atoms with van der Waals surface area (Å²) < 4.78 is 24.8. The Morgan fingerprint density at radius 3 is 2.58 bits per heavy atom. The van der Waals surface area contributed by atoms with Crippen molar-refractivity contribution in [1.82, 2.24) is 5.32 Å². The lowest BCUT2D eigenvalue weighted by atomic mass is 9.89. The number of nitrogens with zero attached hydrogens (tertiary/aromatic N) is 4. The van der Waals surface area contributed by atoms with E-state index in [4.69, 9.17) is 25.1 Å². The highest BCUT2D eigenvalue weighted by Crippen LogP contribution is 2.29. The van der Waals surface area contributed by atoms with Gasteiger partial charge in [-0.2, -0.15) is 0 Å². The normalized spacial score (nSPS) is 16.2. The Morgan fingerprint density at radius 2 is 1.87 bits per heavy atom. The SMILES string of the molecule is [N-]=[N+]=NCc1ccccc1C[C@]1(C(=O)NCc2ccc(F)cc2)COC(c2ccc(OCCCO)cc2)=N1. The van der Waals surface area contributed by atoms with Gasteiger partial charge >= 0.3 is 0 Å². The highest BCUT2D eigenvalue weighted by Gasteiger charge is 2.44. The maximum absolute atomic E-state index is 13.6. The molecule has 0 unspecified atom stereocenters. The van der Waals surface area contributed by atoms with Crippen LogP contribution in [0, 0.1) is 5.82 Å². The van der Waals surface area contributed by atoms with Crippen molar-refractivity contribution in [3.8, 4) is 5.75 Å². The molecule has 4 rings (SSSR count). The van der Waals surface area contributed by atoms with Gasteiger partial charge in [0.1, 0.15) is 18.2 Å². The van der Waals surface area contributed by atoms with Gasteiger partial charge in [0.15, 0.2) is 5.54 Å². The number of aliphatic hydroxyl groups excluding tert-OH is 1. The molecule has 1 aliphatic rings. The van der Waals surface area contributed by atoms with E-state index in [1.165, 1.54) is 12.1 Å². The summed E-state index contributed by atoms with van der Waals surface area (Å²) in [6, 6.07) is 20.5. The minimum absolute atomic E-state index is 0.0161. The predicted octanol–water partition coefficient (Wildman–Crippen LogP) is 4.47. The fourth-order valence-electron chi connectivity index (χ4n) is 4.09. The van der Waals surface area contributed by atoms with Gasteiger partial charge in [-0.1, -0.05) is 41.5 Å². The molecular weight excluding hydrogens is 489 g/mol. The minimum Gasteiger partial charge on any atom is -0.494 e. The van der Waals surface area contributed by atoms with Crippen LogP contribution in [0.5, 0.6) is 5.75 Å². The van der Waals surface area contributed by atoms with Crippen molar-refractivity contribution < 1.29 is 23.8 Å². The van der Waals surface area contributed by atoms with Crippen LogP contribution in [-0.2, 0) is 29.0 Å². The van der Waals surface area contributed by atoms with Crippen LogP contribution in [0.4, 0.5) is 4.39 Å². The quantitative estimate of drug-likeness (QED) is 0.159. The third-order valence-electron chi connectivity index (χ3n) is 6.13. The number of azide groups is 1. The number of rotatable bonds is 12. The Bertz CT molecular complexity index is 1320. The van der Waals surface area contributed by atoms with Crippen molar-refractivity contribution in [3.05, 3.63) is 111 Å². The van der Waals surface area contributed by atoms with Gasteiger partial charge in [-0.3, -0.25) is 4.79 Å². The molecule has 0 spiro atoms. The summed E-state index contributed by atoms with van der Waals surface area (Å²) in [4.78, 5) is 21.3. The molecule has 2 N–H and O–H groups in total. The van der Waals surface area contributed by atoms with E-state index in [9.17, 15) is 9.18 Å². The number of ether oxygens (including phenoxy) is 2. The zero-order valence-corrected chi connectivity index (χ0v) is 20.7. The first-order chi connectivity index (χ1) is 18.5. The fraction of sp³-hybridized carbons (Fsp3) is 0.286. The average Bonchev–Trinajstić information content (AvgIpc) is 3.38. The zero-order valence-electron chi connectivity index (χ0n) is 20.7. The van der Waals surface area contributed by atoms with Crippen molar-refractivity contribution in [2.24, 2.45) is 10.1 Å². The minimum atomic E-state index is -1.27. The first kappa shape index (κ1) is 26.7. The highest BCUT2D eigenvalue weighted by molar-refractivity contribution is 6.00. The van der Waals surface area contributed by atoms with Gasteiger partial charge in [-0.15, -0.1) is 0 Å². The molecule has 3 aromatic carbocycles. The molecule has 1 heterocycles. The molecule has 1 amide bonds. The van der Waals surface area contributed by atoms with Gasteiger partial charge in [-0.05, 0) is 58.6 Å². The number of aliphatic hydroxyl groups is 1. The number of hydrogen-bond donors (Lipinski definition) is 2. The number of halogens is 1. The van der Waals surface area contributed by atoms with E-state index in [1.54, 1.807) is 36.4 Å². The first-order valence-corrected chi connectivity index (χ1v) is 12.2. The molecule has 0 saturated heterocycles. The van der Waals surface area contributed by atoms with Crippen molar-refractivity contribution >= 4 is 11.8 Å².